The van der Waals surface area contributed by atoms with E-state index in [0.717, 1.165) is 18.9 Å². The van der Waals surface area contributed by atoms with Gasteiger partial charge in [-0.05, 0) is 32.6 Å². The number of anilines is 1. The fourth-order valence-corrected chi connectivity index (χ4v) is 3.35. The van der Waals surface area contributed by atoms with Crippen molar-refractivity contribution in [3.05, 3.63) is 22.4 Å². The van der Waals surface area contributed by atoms with Crippen molar-refractivity contribution >= 4 is 21.3 Å². The van der Waals surface area contributed by atoms with Gasteiger partial charge in [0, 0.05) is 32.0 Å². The van der Waals surface area contributed by atoms with Gasteiger partial charge >= 0.3 is 5.69 Å². The number of pyridine rings is 1. The highest BCUT2D eigenvalue weighted by molar-refractivity contribution is 7.92. The minimum absolute atomic E-state index is 0.101. The van der Waals surface area contributed by atoms with E-state index in [1.54, 1.807) is 0 Å². The van der Waals surface area contributed by atoms with Crippen LogP contribution < -0.4 is 5.32 Å². The van der Waals surface area contributed by atoms with Gasteiger partial charge in [-0.3, -0.25) is 10.1 Å². The molecule has 0 spiro atoms. The molecule has 1 fully saturated rings. The molecule has 1 N–H and O–H groups in total. The summed E-state index contributed by atoms with van der Waals surface area (Å²) in [5.74, 6) is 0.466. The van der Waals surface area contributed by atoms with E-state index in [9.17, 15) is 18.5 Å². The maximum Gasteiger partial charge on any atom is 0.312 e. The number of rotatable bonds is 6. The predicted octanol–water partition coefficient (Wildman–Crippen LogP) is 2.01. The lowest BCUT2D eigenvalue weighted by molar-refractivity contribution is -0.384. The number of hydrogen-bond acceptors (Lipinski definition) is 7. The number of aromatic nitrogens is 1. The minimum atomic E-state index is -3.60. The topological polar surface area (TPSA) is 111 Å². The zero-order chi connectivity index (χ0) is 17.0. The zero-order valence-corrected chi connectivity index (χ0v) is 14.0. The Labute approximate surface area is 135 Å². The Morgan fingerprint density at radius 3 is 2.65 bits per heavy atom. The van der Waals surface area contributed by atoms with Gasteiger partial charge in [0.1, 0.15) is 0 Å². The normalized spacial score (nSPS) is 16.5. The van der Waals surface area contributed by atoms with Gasteiger partial charge < -0.3 is 10.1 Å². The monoisotopic (exact) mass is 343 g/mol. The third kappa shape index (κ3) is 4.17. The summed E-state index contributed by atoms with van der Waals surface area (Å²) >= 11 is 0. The summed E-state index contributed by atoms with van der Waals surface area (Å²) < 4.78 is 29.5. The van der Waals surface area contributed by atoms with Gasteiger partial charge in [0.05, 0.1) is 15.1 Å². The lowest BCUT2D eigenvalue weighted by Crippen LogP contribution is -2.23. The van der Waals surface area contributed by atoms with Gasteiger partial charge in [0.2, 0.25) is 5.82 Å². The Kier molecular flexibility index (Phi) is 5.53. The first-order valence-corrected chi connectivity index (χ1v) is 9.07. The van der Waals surface area contributed by atoms with E-state index in [-0.39, 0.29) is 16.4 Å². The van der Waals surface area contributed by atoms with Crippen LogP contribution in [0, 0.1) is 16.0 Å². The van der Waals surface area contributed by atoms with Crippen LogP contribution >= 0.6 is 0 Å². The van der Waals surface area contributed by atoms with E-state index in [1.807, 2.05) is 0 Å². The van der Waals surface area contributed by atoms with Crippen LogP contribution in [-0.2, 0) is 14.6 Å². The van der Waals surface area contributed by atoms with Gasteiger partial charge in [0.25, 0.3) is 0 Å². The molecule has 0 bridgehead atoms. The van der Waals surface area contributed by atoms with Crippen molar-refractivity contribution in [3.63, 3.8) is 0 Å². The Bertz CT molecular complexity index is 669. The summed E-state index contributed by atoms with van der Waals surface area (Å²) in [4.78, 5) is 14.5. The second-order valence-corrected chi connectivity index (χ2v) is 8.33. The van der Waals surface area contributed by atoms with E-state index >= 15 is 0 Å². The molecule has 0 aromatic carbocycles. The molecule has 2 heterocycles. The lowest BCUT2D eigenvalue weighted by atomic mass is 10.0. The number of nitro groups is 1. The smallest absolute Gasteiger partial charge is 0.312 e. The second kappa shape index (κ2) is 7.22. The Balaban J connectivity index is 2.21. The lowest BCUT2D eigenvalue weighted by Gasteiger charge is -2.22. The number of hydrogen-bond donors (Lipinski definition) is 1. The van der Waals surface area contributed by atoms with Crippen LogP contribution in [0.2, 0.25) is 0 Å². The number of nitrogens with zero attached hydrogens (tertiary/aromatic N) is 2. The standard InChI is InChI=1S/C14H21N3O5S/c1-10(2)23(20,21)12-7-13(17(18)19)14(16-9-12)15-8-11-3-5-22-6-4-11/h7,9-11H,3-6,8H2,1-2H3,(H,15,16). The van der Waals surface area contributed by atoms with Crippen LogP contribution in [-0.4, -0.2) is 43.3 Å². The van der Waals surface area contributed by atoms with Gasteiger partial charge in [-0.2, -0.15) is 0 Å². The SMILES string of the molecule is CC(C)S(=O)(=O)c1cnc(NCC2CCOCC2)c([N+](=O)[O-])c1. The van der Waals surface area contributed by atoms with Crippen molar-refractivity contribution in [2.75, 3.05) is 25.1 Å². The van der Waals surface area contributed by atoms with Gasteiger partial charge in [-0.1, -0.05) is 0 Å². The van der Waals surface area contributed by atoms with Crippen molar-refractivity contribution < 1.29 is 18.1 Å². The molecular weight excluding hydrogens is 322 g/mol. The maximum atomic E-state index is 12.1. The maximum absolute atomic E-state index is 12.1. The van der Waals surface area contributed by atoms with Gasteiger partial charge in [-0.25, -0.2) is 13.4 Å². The average molecular weight is 343 g/mol. The minimum Gasteiger partial charge on any atom is -0.381 e. The summed E-state index contributed by atoms with van der Waals surface area (Å²) in [5.41, 5.74) is -0.321. The fraction of sp³-hybridized carbons (Fsp3) is 0.643. The Hall–Kier alpha value is -1.74. The first-order valence-electron chi connectivity index (χ1n) is 7.52. The van der Waals surface area contributed by atoms with Crippen molar-refractivity contribution in [3.8, 4) is 0 Å². The van der Waals surface area contributed by atoms with Crippen molar-refractivity contribution in [2.24, 2.45) is 5.92 Å². The molecule has 8 nitrogen and oxygen atoms in total. The van der Waals surface area contributed by atoms with E-state index in [0.29, 0.717) is 25.7 Å². The average Bonchev–Trinajstić information content (AvgIpc) is 2.53. The third-order valence-corrected chi connectivity index (χ3v) is 6.01. The quantitative estimate of drug-likeness (QED) is 0.621. The fourth-order valence-electron chi connectivity index (χ4n) is 2.33. The summed E-state index contributed by atoms with van der Waals surface area (Å²) in [7, 11) is -3.60. The van der Waals surface area contributed by atoms with Crippen LogP contribution in [0.1, 0.15) is 26.7 Å². The molecule has 128 valence electrons. The molecule has 0 saturated carbocycles. The molecule has 1 saturated heterocycles. The van der Waals surface area contributed by atoms with Crippen LogP contribution in [0.4, 0.5) is 11.5 Å². The molecule has 1 aromatic rings. The molecule has 2 rings (SSSR count). The summed E-state index contributed by atoms with van der Waals surface area (Å²) in [6.45, 7) is 4.98. The molecule has 9 heteroatoms. The van der Waals surface area contributed by atoms with Crippen molar-refractivity contribution in [2.45, 2.75) is 36.8 Å². The van der Waals surface area contributed by atoms with Crippen molar-refractivity contribution in [1.82, 2.24) is 4.98 Å². The number of ether oxygens (including phenoxy) is 1. The highest BCUT2D eigenvalue weighted by Crippen LogP contribution is 2.27. The highest BCUT2D eigenvalue weighted by atomic mass is 32.2. The first kappa shape index (κ1) is 17.6. The van der Waals surface area contributed by atoms with Crippen LogP contribution in [0.25, 0.3) is 0 Å². The summed E-state index contributed by atoms with van der Waals surface area (Å²) in [6, 6.07) is 1.08. The second-order valence-electron chi connectivity index (χ2n) is 5.83. The molecule has 0 atom stereocenters. The predicted molar refractivity (Wildman–Crippen MR) is 85.2 cm³/mol. The Morgan fingerprint density at radius 2 is 2.09 bits per heavy atom. The van der Waals surface area contributed by atoms with E-state index in [2.05, 4.69) is 10.3 Å². The highest BCUT2D eigenvalue weighted by Gasteiger charge is 2.25. The largest absolute Gasteiger partial charge is 0.381 e. The molecule has 1 aliphatic heterocycles. The van der Waals surface area contributed by atoms with Gasteiger partial charge in [0.15, 0.2) is 9.84 Å². The summed E-state index contributed by atoms with van der Waals surface area (Å²) in [6.07, 6.45) is 2.95. The molecule has 1 aliphatic rings. The number of nitrogens with one attached hydrogen (secondary N) is 1. The van der Waals surface area contributed by atoms with Crippen LogP contribution in [0.15, 0.2) is 17.2 Å². The molecule has 0 unspecified atom stereocenters. The first-order chi connectivity index (χ1) is 10.8. The molecule has 1 aromatic heterocycles. The van der Waals surface area contributed by atoms with Crippen LogP contribution in [0.3, 0.4) is 0 Å². The van der Waals surface area contributed by atoms with E-state index < -0.39 is 20.0 Å². The van der Waals surface area contributed by atoms with Crippen LogP contribution in [0.5, 0.6) is 0 Å². The third-order valence-electron chi connectivity index (χ3n) is 3.89. The van der Waals surface area contributed by atoms with Crippen molar-refractivity contribution in [1.29, 1.82) is 0 Å². The molecule has 0 aliphatic carbocycles. The zero-order valence-electron chi connectivity index (χ0n) is 13.2. The van der Waals surface area contributed by atoms with Gasteiger partial charge in [-0.15, -0.1) is 0 Å². The van der Waals surface area contributed by atoms with E-state index in [1.165, 1.54) is 20.0 Å². The molecule has 0 radical (unpaired) electrons. The molecular formula is C14H21N3O5S. The summed E-state index contributed by atoms with van der Waals surface area (Å²) in [5, 5.41) is 13.5. The molecule has 23 heavy (non-hydrogen) atoms. The molecule has 0 amide bonds. The Morgan fingerprint density at radius 1 is 1.43 bits per heavy atom. The number of sulfone groups is 1. The van der Waals surface area contributed by atoms with E-state index in [4.69, 9.17) is 4.74 Å².